The first-order valence-electron chi connectivity index (χ1n) is 4.96. The van der Waals surface area contributed by atoms with Gasteiger partial charge in [-0.15, -0.1) is 0 Å². The average Bonchev–Trinajstić information content (AvgIpc) is 2.17. The Bertz CT molecular complexity index is 292. The maximum Gasteiger partial charge on any atom is 0.122 e. The summed E-state index contributed by atoms with van der Waals surface area (Å²) >= 11 is 0. The number of hydrogen-bond donors (Lipinski definition) is 1. The molecule has 1 N–H and O–H groups in total. The van der Waals surface area contributed by atoms with Crippen molar-refractivity contribution in [1.29, 1.82) is 0 Å². The lowest BCUT2D eigenvalue weighted by molar-refractivity contribution is 0.00828. The minimum absolute atomic E-state index is 0.342. The first kappa shape index (κ1) is 11.1. The zero-order valence-electron chi connectivity index (χ0n) is 9.08. The van der Waals surface area contributed by atoms with E-state index in [4.69, 9.17) is 4.74 Å². The number of hydrogen-bond acceptors (Lipinski definition) is 2. The largest absolute Gasteiger partial charge is 0.490 e. The van der Waals surface area contributed by atoms with Crippen molar-refractivity contribution in [3.05, 3.63) is 29.8 Å². The SMILES string of the molecule is CCC(C)(O)COc1ccccc1C. The van der Waals surface area contributed by atoms with Gasteiger partial charge in [-0.1, -0.05) is 25.1 Å². The second-order valence-corrected chi connectivity index (χ2v) is 3.90. The predicted molar refractivity (Wildman–Crippen MR) is 57.6 cm³/mol. The highest BCUT2D eigenvalue weighted by Gasteiger charge is 2.18. The summed E-state index contributed by atoms with van der Waals surface area (Å²) in [4.78, 5) is 0. The van der Waals surface area contributed by atoms with E-state index < -0.39 is 5.60 Å². The molecule has 1 atom stereocenters. The third kappa shape index (κ3) is 3.04. The van der Waals surface area contributed by atoms with E-state index in [-0.39, 0.29) is 0 Å². The van der Waals surface area contributed by atoms with Gasteiger partial charge >= 0.3 is 0 Å². The molecule has 78 valence electrons. The summed E-state index contributed by atoms with van der Waals surface area (Å²) in [6.45, 7) is 6.07. The van der Waals surface area contributed by atoms with Crippen LogP contribution >= 0.6 is 0 Å². The molecule has 0 spiro atoms. The molecule has 14 heavy (non-hydrogen) atoms. The van der Waals surface area contributed by atoms with Gasteiger partial charge in [0.2, 0.25) is 0 Å². The zero-order valence-corrected chi connectivity index (χ0v) is 9.08. The van der Waals surface area contributed by atoms with Crippen molar-refractivity contribution in [3.8, 4) is 5.75 Å². The monoisotopic (exact) mass is 194 g/mol. The number of benzene rings is 1. The van der Waals surface area contributed by atoms with Crippen LogP contribution in [-0.2, 0) is 0 Å². The molecule has 1 unspecified atom stereocenters. The molecule has 2 nitrogen and oxygen atoms in total. The Morgan fingerprint density at radius 3 is 2.57 bits per heavy atom. The van der Waals surface area contributed by atoms with Gasteiger partial charge in [-0.3, -0.25) is 0 Å². The van der Waals surface area contributed by atoms with Gasteiger partial charge in [0, 0.05) is 0 Å². The first-order valence-corrected chi connectivity index (χ1v) is 4.96. The van der Waals surface area contributed by atoms with E-state index in [1.165, 1.54) is 0 Å². The highest BCUT2D eigenvalue weighted by molar-refractivity contribution is 5.31. The highest BCUT2D eigenvalue weighted by atomic mass is 16.5. The second kappa shape index (κ2) is 4.47. The van der Waals surface area contributed by atoms with Crippen molar-refractivity contribution >= 4 is 0 Å². The van der Waals surface area contributed by atoms with Crippen LogP contribution in [0, 0.1) is 6.92 Å². The molecule has 0 heterocycles. The van der Waals surface area contributed by atoms with Gasteiger partial charge in [-0.05, 0) is 31.9 Å². The Balaban J connectivity index is 2.58. The molecule has 0 aliphatic carbocycles. The third-order valence-electron chi connectivity index (χ3n) is 2.39. The van der Waals surface area contributed by atoms with Crippen LogP contribution in [0.2, 0.25) is 0 Å². The molecule has 0 aliphatic rings. The Kier molecular flexibility index (Phi) is 3.53. The number of para-hydroxylation sites is 1. The summed E-state index contributed by atoms with van der Waals surface area (Å²) in [5.74, 6) is 0.848. The third-order valence-corrected chi connectivity index (χ3v) is 2.39. The van der Waals surface area contributed by atoms with Crippen molar-refractivity contribution in [2.75, 3.05) is 6.61 Å². The summed E-state index contributed by atoms with van der Waals surface area (Å²) in [5.41, 5.74) is 0.363. The molecule has 0 bridgehead atoms. The van der Waals surface area contributed by atoms with Gasteiger partial charge in [0.1, 0.15) is 12.4 Å². The topological polar surface area (TPSA) is 29.5 Å². The van der Waals surface area contributed by atoms with Gasteiger partial charge in [-0.2, -0.15) is 0 Å². The fourth-order valence-electron chi connectivity index (χ4n) is 1.05. The van der Waals surface area contributed by atoms with Crippen LogP contribution < -0.4 is 4.74 Å². The van der Waals surface area contributed by atoms with Crippen LogP contribution in [0.15, 0.2) is 24.3 Å². The van der Waals surface area contributed by atoms with Gasteiger partial charge < -0.3 is 9.84 Å². The molecule has 0 radical (unpaired) electrons. The minimum atomic E-state index is -0.734. The molecule has 1 rings (SSSR count). The van der Waals surface area contributed by atoms with Gasteiger partial charge in [0.25, 0.3) is 0 Å². The van der Waals surface area contributed by atoms with E-state index in [0.29, 0.717) is 13.0 Å². The Morgan fingerprint density at radius 2 is 2.00 bits per heavy atom. The smallest absolute Gasteiger partial charge is 0.122 e. The molecule has 0 amide bonds. The molecule has 0 aromatic heterocycles. The molecule has 1 aromatic rings. The fraction of sp³-hybridized carbons (Fsp3) is 0.500. The second-order valence-electron chi connectivity index (χ2n) is 3.90. The summed E-state index contributed by atoms with van der Waals surface area (Å²) in [6.07, 6.45) is 0.693. The summed E-state index contributed by atoms with van der Waals surface area (Å²) < 4.78 is 5.54. The van der Waals surface area contributed by atoms with Crippen LogP contribution in [0.5, 0.6) is 5.75 Å². The Labute approximate surface area is 85.5 Å². The summed E-state index contributed by atoms with van der Waals surface area (Å²) in [5, 5.41) is 9.75. The maximum atomic E-state index is 9.75. The molecule has 0 fully saturated rings. The van der Waals surface area contributed by atoms with Crippen LogP contribution in [0.3, 0.4) is 0 Å². The summed E-state index contributed by atoms with van der Waals surface area (Å²) in [6, 6.07) is 7.82. The van der Waals surface area contributed by atoms with E-state index in [1.54, 1.807) is 6.92 Å². The van der Waals surface area contributed by atoms with Gasteiger partial charge in [0.15, 0.2) is 0 Å². The van der Waals surface area contributed by atoms with E-state index in [0.717, 1.165) is 11.3 Å². The number of aryl methyl sites for hydroxylation is 1. The summed E-state index contributed by atoms with van der Waals surface area (Å²) in [7, 11) is 0. The normalized spacial score (nSPS) is 14.9. The van der Waals surface area contributed by atoms with Crippen molar-refractivity contribution in [3.63, 3.8) is 0 Å². The molecular weight excluding hydrogens is 176 g/mol. The number of aliphatic hydroxyl groups is 1. The Hall–Kier alpha value is -1.02. The van der Waals surface area contributed by atoms with Crippen LogP contribution in [0.25, 0.3) is 0 Å². The van der Waals surface area contributed by atoms with E-state index in [2.05, 4.69) is 0 Å². The molecule has 0 aliphatic heterocycles. The molecular formula is C12H18O2. The average molecular weight is 194 g/mol. The van der Waals surface area contributed by atoms with E-state index in [1.807, 2.05) is 38.1 Å². The van der Waals surface area contributed by atoms with Crippen molar-refractivity contribution < 1.29 is 9.84 Å². The van der Waals surface area contributed by atoms with Crippen molar-refractivity contribution in [1.82, 2.24) is 0 Å². The van der Waals surface area contributed by atoms with Crippen molar-refractivity contribution in [2.24, 2.45) is 0 Å². The molecule has 1 aromatic carbocycles. The standard InChI is InChI=1S/C12H18O2/c1-4-12(3,13)9-14-11-8-6-5-7-10(11)2/h5-8,13H,4,9H2,1-3H3. The van der Waals surface area contributed by atoms with Gasteiger partial charge in [-0.25, -0.2) is 0 Å². The lowest BCUT2D eigenvalue weighted by atomic mass is 10.1. The predicted octanol–water partition coefficient (Wildman–Crippen LogP) is 2.53. The Morgan fingerprint density at radius 1 is 1.36 bits per heavy atom. The van der Waals surface area contributed by atoms with Crippen LogP contribution in [-0.4, -0.2) is 17.3 Å². The maximum absolute atomic E-state index is 9.75. The first-order chi connectivity index (χ1) is 6.55. The lowest BCUT2D eigenvalue weighted by Gasteiger charge is -2.22. The van der Waals surface area contributed by atoms with Crippen molar-refractivity contribution in [2.45, 2.75) is 32.8 Å². The number of rotatable bonds is 4. The highest BCUT2D eigenvalue weighted by Crippen LogP contribution is 2.18. The molecule has 0 saturated heterocycles. The number of ether oxygens (including phenoxy) is 1. The zero-order chi connectivity index (χ0) is 10.6. The van der Waals surface area contributed by atoms with Crippen LogP contribution in [0.1, 0.15) is 25.8 Å². The lowest BCUT2D eigenvalue weighted by Crippen LogP contribution is -2.31. The van der Waals surface area contributed by atoms with E-state index >= 15 is 0 Å². The molecule has 0 saturated carbocycles. The fourth-order valence-corrected chi connectivity index (χ4v) is 1.05. The van der Waals surface area contributed by atoms with Crippen LogP contribution in [0.4, 0.5) is 0 Å². The van der Waals surface area contributed by atoms with Gasteiger partial charge in [0.05, 0.1) is 5.60 Å². The van der Waals surface area contributed by atoms with E-state index in [9.17, 15) is 5.11 Å². The molecule has 2 heteroatoms. The quantitative estimate of drug-likeness (QED) is 0.798. The minimum Gasteiger partial charge on any atom is -0.490 e.